The van der Waals surface area contributed by atoms with Crippen LogP contribution in [0.5, 0.6) is 0 Å². The van der Waals surface area contributed by atoms with Crippen molar-refractivity contribution in [3.63, 3.8) is 0 Å². The molecular formula is C12H12N4O2. The van der Waals surface area contributed by atoms with Crippen LogP contribution in [-0.2, 0) is 17.6 Å². The molecular weight excluding hydrogens is 232 g/mol. The number of amides is 1. The smallest absolute Gasteiger partial charge is 0.247 e. The summed E-state index contributed by atoms with van der Waals surface area (Å²) in [6.07, 6.45) is 0.963. The minimum atomic E-state index is 0.0106. The summed E-state index contributed by atoms with van der Waals surface area (Å²) in [7, 11) is 0. The molecule has 6 heteroatoms. The molecule has 0 spiro atoms. The van der Waals surface area contributed by atoms with Crippen LogP contribution in [0.4, 0.5) is 5.69 Å². The van der Waals surface area contributed by atoms with E-state index in [1.54, 1.807) is 0 Å². The summed E-state index contributed by atoms with van der Waals surface area (Å²) in [5.74, 6) is 0.999. The van der Waals surface area contributed by atoms with Crippen molar-refractivity contribution in [2.45, 2.75) is 12.8 Å². The van der Waals surface area contributed by atoms with Crippen molar-refractivity contribution < 1.29 is 9.21 Å². The van der Waals surface area contributed by atoms with Crippen molar-refractivity contribution in [3.8, 4) is 11.5 Å². The van der Waals surface area contributed by atoms with Gasteiger partial charge in [0, 0.05) is 24.2 Å². The molecule has 92 valence electrons. The maximum absolute atomic E-state index is 11.3. The Labute approximate surface area is 103 Å². The topological polar surface area (TPSA) is 94.0 Å². The zero-order chi connectivity index (χ0) is 12.5. The van der Waals surface area contributed by atoms with Crippen molar-refractivity contribution in [2.75, 3.05) is 11.9 Å². The van der Waals surface area contributed by atoms with Crippen molar-refractivity contribution in [2.24, 2.45) is 5.73 Å². The van der Waals surface area contributed by atoms with Crippen LogP contribution in [0.15, 0.2) is 22.6 Å². The lowest BCUT2D eigenvalue weighted by atomic mass is 10.1. The fourth-order valence-electron chi connectivity index (χ4n) is 1.96. The van der Waals surface area contributed by atoms with Gasteiger partial charge >= 0.3 is 0 Å². The Hall–Kier alpha value is -2.21. The number of fused-ring (bicyclic) bond motifs is 1. The number of carbonyl (C=O) groups is 1. The number of carbonyl (C=O) groups excluding carboxylic acids is 1. The van der Waals surface area contributed by atoms with Crippen molar-refractivity contribution in [1.82, 2.24) is 10.2 Å². The number of hydrogen-bond donors (Lipinski definition) is 2. The maximum atomic E-state index is 11.3. The lowest BCUT2D eigenvalue weighted by Crippen LogP contribution is -2.03. The van der Waals surface area contributed by atoms with E-state index in [1.807, 2.05) is 18.2 Å². The summed E-state index contributed by atoms with van der Waals surface area (Å²) in [5, 5.41) is 10.7. The van der Waals surface area contributed by atoms with Gasteiger partial charge < -0.3 is 15.5 Å². The van der Waals surface area contributed by atoms with Gasteiger partial charge in [-0.2, -0.15) is 0 Å². The molecule has 0 radical (unpaired) electrons. The molecule has 1 aromatic heterocycles. The minimum absolute atomic E-state index is 0.0106. The van der Waals surface area contributed by atoms with Crippen LogP contribution in [0.3, 0.4) is 0 Å². The molecule has 2 heterocycles. The molecule has 1 aromatic carbocycles. The van der Waals surface area contributed by atoms with Crippen molar-refractivity contribution >= 4 is 11.6 Å². The highest BCUT2D eigenvalue weighted by Gasteiger charge is 2.19. The van der Waals surface area contributed by atoms with E-state index >= 15 is 0 Å². The van der Waals surface area contributed by atoms with E-state index in [-0.39, 0.29) is 5.91 Å². The molecule has 0 saturated carbocycles. The highest BCUT2D eigenvalue weighted by molar-refractivity contribution is 5.99. The van der Waals surface area contributed by atoms with Crippen LogP contribution in [0.2, 0.25) is 0 Å². The fraction of sp³-hybridized carbons (Fsp3) is 0.250. The summed E-state index contributed by atoms with van der Waals surface area (Å²) < 4.78 is 5.49. The van der Waals surface area contributed by atoms with Crippen LogP contribution in [-0.4, -0.2) is 22.6 Å². The van der Waals surface area contributed by atoms with E-state index in [1.165, 1.54) is 0 Å². The Kier molecular flexibility index (Phi) is 2.56. The molecule has 1 aliphatic heterocycles. The van der Waals surface area contributed by atoms with Crippen molar-refractivity contribution in [3.05, 3.63) is 29.7 Å². The van der Waals surface area contributed by atoms with Gasteiger partial charge in [0.15, 0.2) is 0 Å². The van der Waals surface area contributed by atoms with Crippen LogP contribution in [0.1, 0.15) is 11.5 Å². The molecule has 0 saturated heterocycles. The zero-order valence-electron chi connectivity index (χ0n) is 9.64. The van der Waals surface area contributed by atoms with E-state index in [2.05, 4.69) is 15.5 Å². The van der Waals surface area contributed by atoms with Gasteiger partial charge in [0.25, 0.3) is 0 Å². The first-order chi connectivity index (χ1) is 8.76. The predicted molar refractivity (Wildman–Crippen MR) is 64.8 cm³/mol. The lowest BCUT2D eigenvalue weighted by Gasteiger charge is -1.99. The van der Waals surface area contributed by atoms with Crippen molar-refractivity contribution in [1.29, 1.82) is 0 Å². The molecule has 18 heavy (non-hydrogen) atoms. The zero-order valence-corrected chi connectivity index (χ0v) is 9.64. The molecule has 3 rings (SSSR count). The van der Waals surface area contributed by atoms with E-state index in [0.29, 0.717) is 31.2 Å². The minimum Gasteiger partial charge on any atom is -0.421 e. The number of nitrogens with one attached hydrogen (secondary N) is 1. The van der Waals surface area contributed by atoms with Gasteiger partial charge in [0.05, 0.1) is 6.42 Å². The molecule has 0 aliphatic carbocycles. The van der Waals surface area contributed by atoms with Gasteiger partial charge in [-0.05, 0) is 23.8 Å². The van der Waals surface area contributed by atoms with E-state index < -0.39 is 0 Å². The van der Waals surface area contributed by atoms with Crippen LogP contribution in [0.25, 0.3) is 11.5 Å². The average Bonchev–Trinajstić information content (AvgIpc) is 2.93. The summed E-state index contributed by atoms with van der Waals surface area (Å²) in [6.45, 7) is 0.476. The molecule has 6 nitrogen and oxygen atoms in total. The third-order valence-electron chi connectivity index (χ3n) is 2.80. The second-order valence-corrected chi connectivity index (χ2v) is 4.14. The number of nitrogens with zero attached hydrogens (tertiary/aromatic N) is 2. The predicted octanol–water partition coefficient (Wildman–Crippen LogP) is 0.732. The molecule has 0 fully saturated rings. The normalized spacial score (nSPS) is 13.5. The number of rotatable bonds is 3. The third kappa shape index (κ3) is 1.86. The lowest BCUT2D eigenvalue weighted by molar-refractivity contribution is -0.115. The number of benzene rings is 1. The number of aromatic nitrogens is 2. The second-order valence-electron chi connectivity index (χ2n) is 4.14. The maximum Gasteiger partial charge on any atom is 0.247 e. The average molecular weight is 244 g/mol. The molecule has 1 amide bonds. The van der Waals surface area contributed by atoms with E-state index in [9.17, 15) is 4.79 Å². The fourth-order valence-corrected chi connectivity index (χ4v) is 1.96. The monoisotopic (exact) mass is 244 g/mol. The Balaban J connectivity index is 1.92. The van der Waals surface area contributed by atoms with Gasteiger partial charge in [0.1, 0.15) is 0 Å². The molecule has 0 unspecified atom stereocenters. The quantitative estimate of drug-likeness (QED) is 0.830. The standard InChI is InChI=1S/C12H12N4O2/c13-4-3-11-15-16-12(18-11)7-1-2-9-8(5-7)6-10(17)14-9/h1-2,5H,3-4,6,13H2,(H,14,17). The largest absolute Gasteiger partial charge is 0.421 e. The Bertz CT molecular complexity index is 606. The van der Waals surface area contributed by atoms with E-state index in [4.69, 9.17) is 10.2 Å². The highest BCUT2D eigenvalue weighted by Crippen LogP contribution is 2.28. The molecule has 0 atom stereocenters. The first-order valence-electron chi connectivity index (χ1n) is 5.72. The number of hydrogen-bond acceptors (Lipinski definition) is 5. The SMILES string of the molecule is NCCc1nnc(-c2ccc3c(c2)CC(=O)N3)o1. The van der Waals surface area contributed by atoms with Gasteiger partial charge in [0.2, 0.25) is 17.7 Å². The third-order valence-corrected chi connectivity index (χ3v) is 2.80. The summed E-state index contributed by atoms with van der Waals surface area (Å²) in [5.41, 5.74) is 8.05. The molecule has 0 bridgehead atoms. The summed E-state index contributed by atoms with van der Waals surface area (Å²) in [4.78, 5) is 11.3. The Morgan fingerprint density at radius 3 is 3.11 bits per heavy atom. The van der Waals surface area contributed by atoms with Gasteiger partial charge in [-0.1, -0.05) is 0 Å². The molecule has 1 aliphatic rings. The summed E-state index contributed by atoms with van der Waals surface area (Å²) >= 11 is 0. The Morgan fingerprint density at radius 1 is 1.39 bits per heavy atom. The number of anilines is 1. The first-order valence-corrected chi connectivity index (χ1v) is 5.72. The molecule has 2 aromatic rings. The van der Waals surface area contributed by atoms with Gasteiger partial charge in [-0.25, -0.2) is 0 Å². The van der Waals surface area contributed by atoms with Crippen LogP contribution >= 0.6 is 0 Å². The summed E-state index contributed by atoms with van der Waals surface area (Å²) in [6, 6.07) is 5.60. The molecule has 3 N–H and O–H groups in total. The van der Waals surface area contributed by atoms with E-state index in [0.717, 1.165) is 16.8 Å². The van der Waals surface area contributed by atoms with Crippen LogP contribution in [0, 0.1) is 0 Å². The Morgan fingerprint density at radius 2 is 2.28 bits per heavy atom. The van der Waals surface area contributed by atoms with Crippen LogP contribution < -0.4 is 11.1 Å². The van der Waals surface area contributed by atoms with Gasteiger partial charge in [-0.15, -0.1) is 10.2 Å². The second kappa shape index (κ2) is 4.23. The van der Waals surface area contributed by atoms with Gasteiger partial charge in [-0.3, -0.25) is 4.79 Å². The number of nitrogens with two attached hydrogens (primary N) is 1. The first kappa shape index (κ1) is 10.9. The highest BCUT2D eigenvalue weighted by atomic mass is 16.4.